The van der Waals surface area contributed by atoms with Gasteiger partial charge in [-0.3, -0.25) is 4.98 Å². The van der Waals surface area contributed by atoms with Crippen LogP contribution in [0.5, 0.6) is 0 Å². The Morgan fingerprint density at radius 3 is 2.63 bits per heavy atom. The summed E-state index contributed by atoms with van der Waals surface area (Å²) in [6.07, 6.45) is 3.69. The van der Waals surface area contributed by atoms with Crippen LogP contribution in [0.4, 0.5) is 0 Å². The zero-order chi connectivity index (χ0) is 14.0. The highest BCUT2D eigenvalue weighted by molar-refractivity contribution is 9.10. The van der Waals surface area contributed by atoms with Crippen molar-refractivity contribution in [3.05, 3.63) is 38.7 Å². The molecule has 0 saturated heterocycles. The van der Waals surface area contributed by atoms with Crippen LogP contribution in [0.15, 0.2) is 16.7 Å². The van der Waals surface area contributed by atoms with Crippen molar-refractivity contribution in [2.45, 2.75) is 33.6 Å². The van der Waals surface area contributed by atoms with Crippen molar-refractivity contribution in [3.8, 4) is 11.5 Å². The summed E-state index contributed by atoms with van der Waals surface area (Å²) < 4.78 is 0.782. The van der Waals surface area contributed by atoms with Gasteiger partial charge in [0.25, 0.3) is 0 Å². The summed E-state index contributed by atoms with van der Waals surface area (Å²) in [5, 5.41) is 0.440. The SMILES string of the molecule is CCCc1nc(-c2ncc(C)cc2C)nc(Cl)c1Br. The summed E-state index contributed by atoms with van der Waals surface area (Å²) in [5.74, 6) is 0.592. The quantitative estimate of drug-likeness (QED) is 0.771. The predicted octanol–water partition coefficient (Wildman–Crippen LogP) is 4.52. The molecule has 0 aromatic carbocycles. The first-order valence-electron chi connectivity index (χ1n) is 6.18. The van der Waals surface area contributed by atoms with Gasteiger partial charge in [0.15, 0.2) is 5.82 Å². The maximum Gasteiger partial charge on any atom is 0.180 e. The molecule has 0 spiro atoms. The van der Waals surface area contributed by atoms with E-state index in [1.54, 1.807) is 0 Å². The minimum absolute atomic E-state index is 0.440. The predicted molar refractivity (Wildman–Crippen MR) is 81.4 cm³/mol. The molecule has 100 valence electrons. The standard InChI is InChI=1S/C14H15BrClN3/c1-4-5-10-11(15)13(16)19-14(18-10)12-9(3)6-8(2)7-17-12/h6-7H,4-5H2,1-3H3. The molecule has 0 bridgehead atoms. The molecule has 0 aliphatic heterocycles. The van der Waals surface area contributed by atoms with Gasteiger partial charge in [-0.1, -0.05) is 31.0 Å². The van der Waals surface area contributed by atoms with E-state index in [9.17, 15) is 0 Å². The molecule has 0 unspecified atom stereocenters. The third-order valence-electron chi connectivity index (χ3n) is 2.79. The minimum Gasteiger partial charge on any atom is -0.252 e. The molecule has 0 radical (unpaired) electrons. The zero-order valence-electron chi connectivity index (χ0n) is 11.2. The van der Waals surface area contributed by atoms with Gasteiger partial charge in [-0.05, 0) is 47.3 Å². The Bertz CT molecular complexity index is 614. The lowest BCUT2D eigenvalue weighted by Gasteiger charge is -2.09. The first-order valence-corrected chi connectivity index (χ1v) is 7.35. The Hall–Kier alpha value is -1.00. The maximum atomic E-state index is 6.16. The number of aryl methyl sites for hydroxylation is 3. The number of pyridine rings is 1. The zero-order valence-corrected chi connectivity index (χ0v) is 13.5. The van der Waals surface area contributed by atoms with Gasteiger partial charge >= 0.3 is 0 Å². The van der Waals surface area contributed by atoms with E-state index in [4.69, 9.17) is 11.6 Å². The number of hydrogen-bond donors (Lipinski definition) is 0. The van der Waals surface area contributed by atoms with Crippen molar-refractivity contribution >= 4 is 27.5 Å². The fourth-order valence-electron chi connectivity index (χ4n) is 1.92. The third kappa shape index (κ3) is 3.12. The lowest BCUT2D eigenvalue weighted by Crippen LogP contribution is -2.01. The van der Waals surface area contributed by atoms with Crippen LogP contribution in [-0.2, 0) is 6.42 Å². The van der Waals surface area contributed by atoms with E-state index in [0.717, 1.165) is 39.8 Å². The molecule has 2 heterocycles. The molecule has 5 heteroatoms. The lowest BCUT2D eigenvalue weighted by atomic mass is 10.1. The summed E-state index contributed by atoms with van der Waals surface area (Å²) in [5.41, 5.74) is 3.90. The van der Waals surface area contributed by atoms with Crippen molar-refractivity contribution < 1.29 is 0 Å². The number of halogens is 2. The molecule has 0 N–H and O–H groups in total. The van der Waals surface area contributed by atoms with Crippen LogP contribution in [0.1, 0.15) is 30.2 Å². The van der Waals surface area contributed by atoms with Gasteiger partial charge in [-0.25, -0.2) is 9.97 Å². The molecular formula is C14H15BrClN3. The average Bonchev–Trinajstić information content (AvgIpc) is 2.35. The maximum absolute atomic E-state index is 6.16. The van der Waals surface area contributed by atoms with Crippen molar-refractivity contribution in [2.75, 3.05) is 0 Å². The molecule has 2 rings (SSSR count). The highest BCUT2D eigenvalue weighted by Crippen LogP contribution is 2.28. The molecule has 0 atom stereocenters. The van der Waals surface area contributed by atoms with Crippen LogP contribution < -0.4 is 0 Å². The smallest absolute Gasteiger partial charge is 0.180 e. The molecule has 2 aromatic rings. The third-order valence-corrected chi connectivity index (χ3v) is 4.13. The minimum atomic E-state index is 0.440. The van der Waals surface area contributed by atoms with Crippen LogP contribution in [0.3, 0.4) is 0 Å². The van der Waals surface area contributed by atoms with Crippen molar-refractivity contribution in [1.82, 2.24) is 15.0 Å². The molecular weight excluding hydrogens is 326 g/mol. The van der Waals surface area contributed by atoms with E-state index in [1.807, 2.05) is 20.0 Å². The second-order valence-corrected chi connectivity index (χ2v) is 5.68. The van der Waals surface area contributed by atoms with E-state index >= 15 is 0 Å². The second kappa shape index (κ2) is 5.97. The van der Waals surface area contributed by atoms with Gasteiger partial charge < -0.3 is 0 Å². The van der Waals surface area contributed by atoms with Gasteiger partial charge in [0.05, 0.1) is 10.2 Å². The van der Waals surface area contributed by atoms with E-state index in [1.165, 1.54) is 0 Å². The highest BCUT2D eigenvalue weighted by Gasteiger charge is 2.14. The molecule has 0 fully saturated rings. The molecule has 0 amide bonds. The van der Waals surface area contributed by atoms with Crippen molar-refractivity contribution in [2.24, 2.45) is 0 Å². The monoisotopic (exact) mass is 339 g/mol. The van der Waals surface area contributed by atoms with Gasteiger partial charge in [-0.2, -0.15) is 0 Å². The fraction of sp³-hybridized carbons (Fsp3) is 0.357. The van der Waals surface area contributed by atoms with Crippen LogP contribution in [0, 0.1) is 13.8 Å². The Morgan fingerprint density at radius 1 is 1.26 bits per heavy atom. The average molecular weight is 341 g/mol. The first kappa shape index (κ1) is 14.4. The van der Waals surface area contributed by atoms with Gasteiger partial charge in [0, 0.05) is 6.20 Å². The number of hydrogen-bond acceptors (Lipinski definition) is 3. The Morgan fingerprint density at radius 2 is 2.00 bits per heavy atom. The second-order valence-electron chi connectivity index (χ2n) is 4.53. The summed E-state index contributed by atoms with van der Waals surface area (Å²) in [6, 6.07) is 2.07. The molecule has 0 saturated carbocycles. The van der Waals surface area contributed by atoms with Crippen LogP contribution in [0.2, 0.25) is 5.15 Å². The fourth-order valence-corrected chi connectivity index (χ4v) is 2.49. The Labute approximate surface area is 126 Å². The van der Waals surface area contributed by atoms with Gasteiger partial charge in [0.2, 0.25) is 0 Å². The molecule has 2 aromatic heterocycles. The number of aromatic nitrogens is 3. The van der Waals surface area contributed by atoms with Crippen LogP contribution >= 0.6 is 27.5 Å². The topological polar surface area (TPSA) is 38.7 Å². The van der Waals surface area contributed by atoms with E-state index in [-0.39, 0.29) is 0 Å². The van der Waals surface area contributed by atoms with Crippen molar-refractivity contribution in [1.29, 1.82) is 0 Å². The normalized spacial score (nSPS) is 10.8. The highest BCUT2D eigenvalue weighted by atomic mass is 79.9. The largest absolute Gasteiger partial charge is 0.252 e. The number of rotatable bonds is 3. The first-order chi connectivity index (χ1) is 9.02. The van der Waals surface area contributed by atoms with Gasteiger partial charge in [0.1, 0.15) is 10.8 Å². The summed E-state index contributed by atoms with van der Waals surface area (Å²) in [4.78, 5) is 13.3. The van der Waals surface area contributed by atoms with Crippen molar-refractivity contribution in [3.63, 3.8) is 0 Å². The molecule has 0 aliphatic carbocycles. The Balaban J connectivity index is 2.56. The summed E-state index contributed by atoms with van der Waals surface area (Å²) in [6.45, 7) is 6.13. The van der Waals surface area contributed by atoms with E-state index in [2.05, 4.69) is 43.9 Å². The molecule has 3 nitrogen and oxygen atoms in total. The van der Waals surface area contributed by atoms with Crippen LogP contribution in [-0.4, -0.2) is 15.0 Å². The van der Waals surface area contributed by atoms with Gasteiger partial charge in [-0.15, -0.1) is 0 Å². The van der Waals surface area contributed by atoms with E-state index < -0.39 is 0 Å². The van der Waals surface area contributed by atoms with E-state index in [0.29, 0.717) is 11.0 Å². The van der Waals surface area contributed by atoms with Crippen LogP contribution in [0.25, 0.3) is 11.5 Å². The molecule has 0 aliphatic rings. The summed E-state index contributed by atoms with van der Waals surface area (Å²) >= 11 is 9.60. The summed E-state index contributed by atoms with van der Waals surface area (Å²) in [7, 11) is 0. The number of nitrogens with zero attached hydrogens (tertiary/aromatic N) is 3. The molecule has 19 heavy (non-hydrogen) atoms. The Kier molecular flexibility index (Phi) is 4.53. The lowest BCUT2D eigenvalue weighted by molar-refractivity contribution is 0.866.